The van der Waals surface area contributed by atoms with E-state index >= 15 is 0 Å². The van der Waals surface area contributed by atoms with E-state index in [1.807, 2.05) is 0 Å². The molecule has 0 radical (unpaired) electrons. The van der Waals surface area contributed by atoms with Gasteiger partial charge < -0.3 is 15.9 Å². The van der Waals surface area contributed by atoms with Crippen molar-refractivity contribution in [3.05, 3.63) is 0 Å². The number of unbranched alkanes of at least 4 members (excludes halogenated alkanes) is 13. The molecule has 0 bridgehead atoms. The Kier molecular flexibility index (Phi) is 15.3. The van der Waals surface area contributed by atoms with Crippen LogP contribution < -0.4 is 5.73 Å². The molecule has 0 aromatic rings. The third-order valence-electron chi connectivity index (χ3n) is 4.97. The molecule has 0 fully saturated rings. The molecule has 0 rings (SSSR count). The first-order valence-corrected chi connectivity index (χ1v) is 10.2. The van der Waals surface area contributed by atoms with Gasteiger partial charge in [-0.15, -0.1) is 0 Å². The van der Waals surface area contributed by atoms with E-state index in [1.54, 1.807) is 6.92 Å². The van der Waals surface area contributed by atoms with Gasteiger partial charge in [0.05, 0.1) is 6.10 Å². The summed E-state index contributed by atoms with van der Waals surface area (Å²) in [7, 11) is 0. The molecule has 0 spiro atoms. The van der Waals surface area contributed by atoms with Gasteiger partial charge in [0, 0.05) is 0 Å². The van der Waals surface area contributed by atoms with Crippen molar-refractivity contribution in [2.75, 3.05) is 0 Å². The maximum atomic E-state index is 9.79. The molecule has 140 valence electrons. The monoisotopic (exact) mass is 329 g/mol. The molecular formula is C20H43NO2. The SMILES string of the molecule is CCCCCCCCCCCCCCCCC(O)C(N)(O)CC. The van der Waals surface area contributed by atoms with Crippen molar-refractivity contribution in [3.63, 3.8) is 0 Å². The average Bonchev–Trinajstić information content (AvgIpc) is 2.54. The van der Waals surface area contributed by atoms with Crippen molar-refractivity contribution in [1.29, 1.82) is 0 Å². The molecule has 0 heterocycles. The van der Waals surface area contributed by atoms with Crippen molar-refractivity contribution in [1.82, 2.24) is 0 Å². The van der Waals surface area contributed by atoms with Gasteiger partial charge in [-0.3, -0.25) is 0 Å². The second kappa shape index (κ2) is 15.4. The van der Waals surface area contributed by atoms with Crippen LogP contribution in [0.5, 0.6) is 0 Å². The molecule has 0 aliphatic carbocycles. The number of rotatable bonds is 17. The highest BCUT2D eigenvalue weighted by Crippen LogP contribution is 2.17. The molecule has 23 heavy (non-hydrogen) atoms. The van der Waals surface area contributed by atoms with Gasteiger partial charge in [0.2, 0.25) is 0 Å². The third-order valence-corrected chi connectivity index (χ3v) is 4.97. The second-order valence-electron chi connectivity index (χ2n) is 7.25. The van der Waals surface area contributed by atoms with Crippen molar-refractivity contribution >= 4 is 0 Å². The molecule has 0 aliphatic heterocycles. The maximum absolute atomic E-state index is 9.79. The molecular weight excluding hydrogens is 286 g/mol. The molecule has 3 nitrogen and oxygen atoms in total. The van der Waals surface area contributed by atoms with Gasteiger partial charge in [0.1, 0.15) is 5.72 Å². The minimum Gasteiger partial charge on any atom is -0.389 e. The standard InChI is InChI=1S/C20H43NO2/c1-3-5-6-7-8-9-10-11-12-13-14-15-16-17-18-19(22)20(21,23)4-2/h19,22-23H,3-18,21H2,1-2H3. The summed E-state index contributed by atoms with van der Waals surface area (Å²) in [5, 5.41) is 19.5. The Morgan fingerprint density at radius 1 is 0.696 bits per heavy atom. The van der Waals surface area contributed by atoms with Crippen LogP contribution in [0.2, 0.25) is 0 Å². The Morgan fingerprint density at radius 3 is 1.39 bits per heavy atom. The zero-order valence-electron chi connectivity index (χ0n) is 15.9. The Morgan fingerprint density at radius 2 is 1.04 bits per heavy atom. The highest BCUT2D eigenvalue weighted by Gasteiger charge is 2.27. The molecule has 2 atom stereocenters. The first kappa shape index (κ1) is 22.9. The van der Waals surface area contributed by atoms with Gasteiger partial charge in [-0.2, -0.15) is 0 Å². The number of aliphatic hydroxyl groups excluding tert-OH is 1. The summed E-state index contributed by atoms with van der Waals surface area (Å²) in [5.74, 6) is 0. The number of hydrogen-bond acceptors (Lipinski definition) is 3. The summed E-state index contributed by atoms with van der Waals surface area (Å²) < 4.78 is 0. The van der Waals surface area contributed by atoms with E-state index in [9.17, 15) is 10.2 Å². The lowest BCUT2D eigenvalue weighted by Gasteiger charge is -2.27. The minimum absolute atomic E-state index is 0.396. The van der Waals surface area contributed by atoms with Crippen LogP contribution in [0.1, 0.15) is 117 Å². The fourth-order valence-corrected chi connectivity index (χ4v) is 3.02. The van der Waals surface area contributed by atoms with Gasteiger partial charge in [0.15, 0.2) is 0 Å². The highest BCUT2D eigenvalue weighted by molar-refractivity contribution is 4.78. The van der Waals surface area contributed by atoms with Crippen LogP contribution >= 0.6 is 0 Å². The summed E-state index contributed by atoms with van der Waals surface area (Å²) in [4.78, 5) is 0. The highest BCUT2D eigenvalue weighted by atomic mass is 16.4. The Bertz CT molecular complexity index is 244. The number of aliphatic hydroxyl groups is 2. The quantitative estimate of drug-likeness (QED) is 0.251. The topological polar surface area (TPSA) is 66.5 Å². The second-order valence-corrected chi connectivity index (χ2v) is 7.25. The van der Waals surface area contributed by atoms with E-state index in [-0.39, 0.29) is 0 Å². The van der Waals surface area contributed by atoms with Gasteiger partial charge in [-0.05, 0) is 12.8 Å². The summed E-state index contributed by atoms with van der Waals surface area (Å²) in [6, 6.07) is 0. The van der Waals surface area contributed by atoms with Crippen LogP contribution in [0.25, 0.3) is 0 Å². The zero-order valence-corrected chi connectivity index (χ0v) is 15.9. The molecule has 0 aromatic heterocycles. The van der Waals surface area contributed by atoms with Gasteiger partial charge in [-0.1, -0.05) is 104 Å². The van der Waals surface area contributed by atoms with Crippen molar-refractivity contribution in [2.24, 2.45) is 5.73 Å². The molecule has 0 amide bonds. The van der Waals surface area contributed by atoms with Gasteiger partial charge in [0.25, 0.3) is 0 Å². The largest absolute Gasteiger partial charge is 0.389 e. The normalized spacial score (nSPS) is 15.5. The molecule has 0 aliphatic rings. The van der Waals surface area contributed by atoms with Crippen LogP contribution in [-0.4, -0.2) is 22.0 Å². The fraction of sp³-hybridized carbons (Fsp3) is 1.00. The Balaban J connectivity index is 3.19. The molecule has 0 aromatic carbocycles. The van der Waals surface area contributed by atoms with Crippen LogP contribution in [0.4, 0.5) is 0 Å². The summed E-state index contributed by atoms with van der Waals surface area (Å²) in [6.07, 6.45) is 18.8. The van der Waals surface area contributed by atoms with E-state index in [0.717, 1.165) is 12.8 Å². The number of nitrogens with two attached hydrogens (primary N) is 1. The van der Waals surface area contributed by atoms with Gasteiger partial charge >= 0.3 is 0 Å². The lowest BCUT2D eigenvalue weighted by atomic mass is 9.98. The van der Waals surface area contributed by atoms with Crippen LogP contribution in [0, 0.1) is 0 Å². The van der Waals surface area contributed by atoms with Crippen LogP contribution in [0.15, 0.2) is 0 Å². The average molecular weight is 330 g/mol. The Hall–Kier alpha value is -0.120. The van der Waals surface area contributed by atoms with Crippen molar-refractivity contribution in [3.8, 4) is 0 Å². The van der Waals surface area contributed by atoms with Crippen molar-refractivity contribution < 1.29 is 10.2 Å². The van der Waals surface area contributed by atoms with E-state index in [4.69, 9.17) is 5.73 Å². The minimum atomic E-state index is -1.41. The van der Waals surface area contributed by atoms with E-state index in [1.165, 1.54) is 77.0 Å². The van der Waals surface area contributed by atoms with E-state index < -0.39 is 11.8 Å². The summed E-state index contributed by atoms with van der Waals surface area (Å²) in [6.45, 7) is 4.07. The molecule has 3 heteroatoms. The summed E-state index contributed by atoms with van der Waals surface area (Å²) in [5.41, 5.74) is 4.21. The first-order chi connectivity index (χ1) is 11.0. The molecule has 0 saturated carbocycles. The van der Waals surface area contributed by atoms with E-state index in [0.29, 0.717) is 12.8 Å². The molecule has 2 unspecified atom stereocenters. The smallest absolute Gasteiger partial charge is 0.139 e. The van der Waals surface area contributed by atoms with E-state index in [2.05, 4.69) is 6.92 Å². The molecule has 0 saturated heterocycles. The first-order valence-electron chi connectivity index (χ1n) is 10.2. The third kappa shape index (κ3) is 14.0. The number of hydrogen-bond donors (Lipinski definition) is 3. The predicted molar refractivity (Wildman–Crippen MR) is 100 cm³/mol. The fourth-order valence-electron chi connectivity index (χ4n) is 3.02. The zero-order chi connectivity index (χ0) is 17.4. The van der Waals surface area contributed by atoms with Crippen LogP contribution in [0.3, 0.4) is 0 Å². The molecule has 4 N–H and O–H groups in total. The maximum Gasteiger partial charge on any atom is 0.139 e. The lowest BCUT2D eigenvalue weighted by molar-refractivity contribution is -0.0769. The lowest BCUT2D eigenvalue weighted by Crippen LogP contribution is -2.50. The van der Waals surface area contributed by atoms with Crippen molar-refractivity contribution in [2.45, 2.75) is 128 Å². The summed E-state index contributed by atoms with van der Waals surface area (Å²) >= 11 is 0. The predicted octanol–water partition coefficient (Wildman–Crippen LogP) is 5.28. The Labute approximate surface area is 145 Å². The van der Waals surface area contributed by atoms with Gasteiger partial charge in [-0.25, -0.2) is 0 Å². The van der Waals surface area contributed by atoms with Crippen LogP contribution in [-0.2, 0) is 0 Å².